The fourth-order valence-electron chi connectivity index (χ4n) is 2.94. The van der Waals surface area contributed by atoms with E-state index in [2.05, 4.69) is 10.3 Å². The van der Waals surface area contributed by atoms with E-state index in [1.165, 1.54) is 0 Å². The lowest BCUT2D eigenvalue weighted by atomic mass is 10.0. The molecule has 0 aliphatic heterocycles. The van der Waals surface area contributed by atoms with Crippen molar-refractivity contribution in [3.05, 3.63) is 89.4 Å². The number of halogens is 1. The number of hydrogen-bond donors (Lipinski definition) is 1. The molecule has 0 saturated carbocycles. The number of carbonyl (C=O) groups is 1. The first-order valence-electron chi connectivity index (χ1n) is 8.15. The van der Waals surface area contributed by atoms with Crippen LogP contribution in [0.25, 0.3) is 22.1 Å². The van der Waals surface area contributed by atoms with Crippen molar-refractivity contribution in [1.29, 1.82) is 0 Å². The highest BCUT2D eigenvalue weighted by molar-refractivity contribution is 6.30. The molecule has 4 nitrogen and oxygen atoms in total. The van der Waals surface area contributed by atoms with E-state index in [4.69, 9.17) is 16.0 Å². The molecule has 0 radical (unpaired) electrons. The molecule has 0 bridgehead atoms. The summed E-state index contributed by atoms with van der Waals surface area (Å²) in [7, 11) is 0. The van der Waals surface area contributed by atoms with E-state index < -0.39 is 0 Å². The molecule has 0 aliphatic carbocycles. The van der Waals surface area contributed by atoms with Gasteiger partial charge in [0.2, 0.25) is 0 Å². The van der Waals surface area contributed by atoms with Crippen LogP contribution in [-0.2, 0) is 6.54 Å². The Kier molecular flexibility index (Phi) is 4.42. The second-order valence-corrected chi connectivity index (χ2v) is 6.31. The number of hydrogen-bond acceptors (Lipinski definition) is 3. The highest BCUT2D eigenvalue weighted by Gasteiger charge is 2.16. The number of amides is 1. The van der Waals surface area contributed by atoms with E-state index in [1.807, 2.05) is 42.5 Å². The molecule has 0 fully saturated rings. The number of aromatic nitrogens is 1. The Morgan fingerprint density at radius 2 is 2.04 bits per heavy atom. The molecule has 4 rings (SSSR count). The second-order valence-electron chi connectivity index (χ2n) is 5.88. The number of benzene rings is 2. The summed E-state index contributed by atoms with van der Waals surface area (Å²) in [6.07, 6.45) is 5.12. The predicted molar refractivity (Wildman–Crippen MR) is 102 cm³/mol. The zero-order valence-corrected chi connectivity index (χ0v) is 14.5. The summed E-state index contributed by atoms with van der Waals surface area (Å²) in [4.78, 5) is 16.8. The van der Waals surface area contributed by atoms with Crippen LogP contribution in [0.3, 0.4) is 0 Å². The molecule has 2 aromatic heterocycles. The molecule has 128 valence electrons. The molecule has 0 unspecified atom stereocenters. The van der Waals surface area contributed by atoms with Gasteiger partial charge in [-0.2, -0.15) is 0 Å². The van der Waals surface area contributed by atoms with Crippen LogP contribution in [0.1, 0.15) is 15.9 Å². The minimum atomic E-state index is -0.192. The monoisotopic (exact) mass is 362 g/mol. The van der Waals surface area contributed by atoms with Crippen LogP contribution in [0.5, 0.6) is 0 Å². The van der Waals surface area contributed by atoms with Gasteiger partial charge in [0.1, 0.15) is 5.58 Å². The smallest absolute Gasteiger partial charge is 0.255 e. The van der Waals surface area contributed by atoms with Crippen LogP contribution in [0.4, 0.5) is 0 Å². The first-order chi connectivity index (χ1) is 12.7. The number of pyridine rings is 1. The van der Waals surface area contributed by atoms with Gasteiger partial charge >= 0.3 is 0 Å². The summed E-state index contributed by atoms with van der Waals surface area (Å²) < 4.78 is 5.60. The number of carbonyl (C=O) groups excluding carboxylic acids is 1. The normalized spacial score (nSPS) is 10.8. The van der Waals surface area contributed by atoms with Crippen molar-refractivity contribution >= 4 is 28.5 Å². The molecule has 0 saturated heterocycles. The molecule has 26 heavy (non-hydrogen) atoms. The molecule has 0 atom stereocenters. The third-order valence-electron chi connectivity index (χ3n) is 4.18. The molecule has 4 aromatic rings. The van der Waals surface area contributed by atoms with Gasteiger partial charge in [0.15, 0.2) is 0 Å². The van der Waals surface area contributed by atoms with Gasteiger partial charge in [-0.3, -0.25) is 9.78 Å². The van der Waals surface area contributed by atoms with Crippen LogP contribution in [0.2, 0.25) is 5.02 Å². The van der Waals surface area contributed by atoms with E-state index in [9.17, 15) is 4.79 Å². The SMILES string of the molecule is O=C(NCc1cccc(Cl)c1)c1ccc(-c2cccnc2)c2ccoc12. The maximum absolute atomic E-state index is 12.6. The van der Waals surface area contributed by atoms with Crippen molar-refractivity contribution in [2.45, 2.75) is 6.54 Å². The molecular formula is C21H15ClN2O2. The average molecular weight is 363 g/mol. The second kappa shape index (κ2) is 7.02. The van der Waals surface area contributed by atoms with Gasteiger partial charge in [-0.05, 0) is 41.5 Å². The van der Waals surface area contributed by atoms with Gasteiger partial charge in [0, 0.05) is 34.9 Å². The Balaban J connectivity index is 1.63. The Labute approximate surface area is 155 Å². The van der Waals surface area contributed by atoms with Crippen LogP contribution in [0.15, 0.2) is 77.7 Å². The van der Waals surface area contributed by atoms with E-state index in [-0.39, 0.29) is 5.91 Å². The topological polar surface area (TPSA) is 55.1 Å². The zero-order valence-electron chi connectivity index (χ0n) is 13.8. The number of fused-ring (bicyclic) bond motifs is 1. The average Bonchev–Trinajstić information content (AvgIpc) is 3.16. The summed E-state index contributed by atoms with van der Waals surface area (Å²) in [5.41, 5.74) is 3.96. The Bertz CT molecular complexity index is 1070. The van der Waals surface area contributed by atoms with E-state index >= 15 is 0 Å². The van der Waals surface area contributed by atoms with E-state index in [1.54, 1.807) is 30.8 Å². The fraction of sp³-hybridized carbons (Fsp3) is 0.0476. The van der Waals surface area contributed by atoms with Crippen LogP contribution < -0.4 is 5.32 Å². The van der Waals surface area contributed by atoms with Gasteiger partial charge in [-0.15, -0.1) is 0 Å². The van der Waals surface area contributed by atoms with Crippen molar-refractivity contribution in [2.24, 2.45) is 0 Å². The lowest BCUT2D eigenvalue weighted by Gasteiger charge is -2.09. The predicted octanol–water partition coefficient (Wildman–Crippen LogP) is 5.08. The fourth-order valence-corrected chi connectivity index (χ4v) is 3.15. The molecule has 2 aromatic carbocycles. The number of nitrogens with one attached hydrogen (secondary N) is 1. The van der Waals surface area contributed by atoms with Crippen LogP contribution in [0, 0.1) is 0 Å². The highest BCUT2D eigenvalue weighted by Crippen LogP contribution is 2.31. The lowest BCUT2D eigenvalue weighted by molar-refractivity contribution is 0.0951. The third-order valence-corrected chi connectivity index (χ3v) is 4.41. The number of rotatable bonds is 4. The Morgan fingerprint density at radius 3 is 2.85 bits per heavy atom. The highest BCUT2D eigenvalue weighted by atomic mass is 35.5. The van der Waals surface area contributed by atoms with Crippen molar-refractivity contribution in [3.63, 3.8) is 0 Å². The Morgan fingerprint density at radius 1 is 1.12 bits per heavy atom. The summed E-state index contributed by atoms with van der Waals surface area (Å²) in [6.45, 7) is 0.395. The third kappa shape index (κ3) is 3.19. The number of furan rings is 1. The number of nitrogens with zero attached hydrogens (tertiary/aromatic N) is 1. The molecular weight excluding hydrogens is 348 g/mol. The van der Waals surface area contributed by atoms with Crippen molar-refractivity contribution in [1.82, 2.24) is 10.3 Å². The maximum atomic E-state index is 12.6. The molecule has 1 amide bonds. The van der Waals surface area contributed by atoms with Gasteiger partial charge in [0.05, 0.1) is 11.8 Å². The Hall–Kier alpha value is -3.11. The largest absolute Gasteiger partial charge is 0.463 e. The molecule has 0 aliphatic rings. The van der Waals surface area contributed by atoms with Crippen molar-refractivity contribution < 1.29 is 9.21 Å². The van der Waals surface area contributed by atoms with E-state index in [0.717, 1.165) is 22.1 Å². The minimum Gasteiger partial charge on any atom is -0.463 e. The minimum absolute atomic E-state index is 0.192. The van der Waals surface area contributed by atoms with E-state index in [0.29, 0.717) is 22.7 Å². The van der Waals surface area contributed by atoms with Crippen LogP contribution in [-0.4, -0.2) is 10.9 Å². The van der Waals surface area contributed by atoms with Gasteiger partial charge in [0.25, 0.3) is 5.91 Å². The summed E-state index contributed by atoms with van der Waals surface area (Å²) in [6, 6.07) is 16.8. The molecule has 2 heterocycles. The quantitative estimate of drug-likeness (QED) is 0.551. The summed E-state index contributed by atoms with van der Waals surface area (Å²) in [5.74, 6) is -0.192. The maximum Gasteiger partial charge on any atom is 0.255 e. The zero-order chi connectivity index (χ0) is 17.9. The van der Waals surface area contributed by atoms with Crippen molar-refractivity contribution in [2.75, 3.05) is 0 Å². The molecule has 0 spiro atoms. The molecule has 5 heteroatoms. The van der Waals surface area contributed by atoms with Gasteiger partial charge in [-0.1, -0.05) is 35.9 Å². The van der Waals surface area contributed by atoms with Gasteiger partial charge < -0.3 is 9.73 Å². The standard InChI is InChI=1S/C21H15ClN2O2/c22-16-5-1-3-14(11-16)12-24-21(25)19-7-6-17(15-4-2-9-23-13-15)18-8-10-26-20(18)19/h1-11,13H,12H2,(H,24,25). The first kappa shape index (κ1) is 16.4. The van der Waals surface area contributed by atoms with Crippen LogP contribution >= 0.6 is 11.6 Å². The van der Waals surface area contributed by atoms with Crippen molar-refractivity contribution in [3.8, 4) is 11.1 Å². The summed E-state index contributed by atoms with van der Waals surface area (Å²) in [5, 5.41) is 4.44. The first-order valence-corrected chi connectivity index (χ1v) is 8.53. The van der Waals surface area contributed by atoms with Gasteiger partial charge in [-0.25, -0.2) is 0 Å². The lowest BCUT2D eigenvalue weighted by Crippen LogP contribution is -2.22. The summed E-state index contributed by atoms with van der Waals surface area (Å²) >= 11 is 5.98. The molecule has 1 N–H and O–H groups in total.